The molecule has 2 N–H and O–H groups in total. The highest BCUT2D eigenvalue weighted by Crippen LogP contribution is 2.38. The molecule has 0 atom stereocenters. The van der Waals surface area contributed by atoms with E-state index in [1.165, 1.54) is 0 Å². The molecule has 0 amide bonds. The van der Waals surface area contributed by atoms with Crippen LogP contribution in [0.25, 0.3) is 10.9 Å². The van der Waals surface area contributed by atoms with Crippen molar-refractivity contribution < 1.29 is 18.3 Å². The fourth-order valence-corrected chi connectivity index (χ4v) is 9.10. The van der Waals surface area contributed by atoms with Crippen molar-refractivity contribution in [2.45, 2.75) is 64.8 Å². The van der Waals surface area contributed by atoms with Gasteiger partial charge >= 0.3 is 5.97 Å². The second-order valence-electron chi connectivity index (χ2n) is 14.1. The summed E-state index contributed by atoms with van der Waals surface area (Å²) in [6.07, 6.45) is 2.75. The maximum atomic E-state index is 13.8. The van der Waals surface area contributed by atoms with Gasteiger partial charge in [-0.2, -0.15) is 0 Å². The summed E-state index contributed by atoms with van der Waals surface area (Å²) in [6, 6.07) is 40.0. The molecule has 286 valence electrons. The molecule has 9 heteroatoms. The minimum atomic E-state index is -3.67. The highest BCUT2D eigenvalue weighted by molar-refractivity contribution is 7.88. The van der Waals surface area contributed by atoms with Gasteiger partial charge in [0.15, 0.2) is 0 Å². The second kappa shape index (κ2) is 18.3. The van der Waals surface area contributed by atoms with Gasteiger partial charge in [0.2, 0.25) is 10.0 Å². The second-order valence-corrected chi connectivity index (χ2v) is 16.4. The summed E-state index contributed by atoms with van der Waals surface area (Å²) >= 11 is 6.71. The molecule has 0 radical (unpaired) electrons. The Bertz CT molecular complexity index is 2300. The lowest BCUT2D eigenvalue weighted by Gasteiger charge is -2.25. The van der Waals surface area contributed by atoms with Crippen LogP contribution in [0.15, 0.2) is 121 Å². The molecule has 0 bridgehead atoms. The van der Waals surface area contributed by atoms with E-state index in [1.54, 1.807) is 6.07 Å². The molecular formula is C46H50ClN3O4S. The summed E-state index contributed by atoms with van der Waals surface area (Å²) in [7, 11) is -3.67. The van der Waals surface area contributed by atoms with E-state index in [0.717, 1.165) is 87.9 Å². The number of hydrogen-bond donors (Lipinski definition) is 2. The van der Waals surface area contributed by atoms with Crippen LogP contribution in [-0.4, -0.2) is 48.6 Å². The minimum absolute atomic E-state index is 0.0906. The minimum Gasteiger partial charge on any atom is -0.478 e. The molecule has 0 aliphatic carbocycles. The molecular weight excluding hydrogens is 726 g/mol. The molecule has 55 heavy (non-hydrogen) atoms. The van der Waals surface area contributed by atoms with Crippen LogP contribution in [-0.2, 0) is 41.6 Å². The van der Waals surface area contributed by atoms with E-state index in [-0.39, 0.29) is 18.3 Å². The van der Waals surface area contributed by atoms with E-state index in [0.29, 0.717) is 23.6 Å². The summed E-state index contributed by atoms with van der Waals surface area (Å²) in [6.45, 7) is 8.77. The molecule has 0 spiro atoms. The summed E-state index contributed by atoms with van der Waals surface area (Å²) in [5.41, 5.74) is 9.42. The molecule has 6 rings (SSSR count). The number of benzene rings is 5. The third-order valence-electron chi connectivity index (χ3n) is 10.5. The molecule has 0 aliphatic rings. The van der Waals surface area contributed by atoms with Gasteiger partial charge in [-0.25, -0.2) is 17.9 Å². The monoisotopic (exact) mass is 775 g/mol. The van der Waals surface area contributed by atoms with Crippen LogP contribution < -0.4 is 4.72 Å². The van der Waals surface area contributed by atoms with Crippen LogP contribution in [0.2, 0.25) is 5.02 Å². The summed E-state index contributed by atoms with van der Waals surface area (Å²) in [5.74, 6) is -1.02. The largest absolute Gasteiger partial charge is 0.478 e. The predicted octanol–water partition coefficient (Wildman–Crippen LogP) is 9.62. The van der Waals surface area contributed by atoms with Gasteiger partial charge in [0.05, 0.1) is 17.4 Å². The smallest absolute Gasteiger partial charge is 0.335 e. The van der Waals surface area contributed by atoms with Crippen LogP contribution >= 0.6 is 11.6 Å². The van der Waals surface area contributed by atoms with Gasteiger partial charge in [-0.15, -0.1) is 0 Å². The molecule has 0 aliphatic heterocycles. The quantitative estimate of drug-likeness (QED) is 0.0908. The van der Waals surface area contributed by atoms with Crippen LogP contribution in [0, 0.1) is 6.92 Å². The van der Waals surface area contributed by atoms with E-state index < -0.39 is 16.0 Å². The number of nitrogens with zero attached hydrogens (tertiary/aromatic N) is 2. The number of aryl methyl sites for hydroxylation is 3. The zero-order valence-electron chi connectivity index (χ0n) is 31.8. The van der Waals surface area contributed by atoms with Crippen LogP contribution in [0.1, 0.15) is 81.3 Å². The molecule has 5 aromatic carbocycles. The Morgan fingerprint density at radius 1 is 0.800 bits per heavy atom. The maximum Gasteiger partial charge on any atom is 0.335 e. The molecule has 0 unspecified atom stereocenters. The Morgan fingerprint density at radius 2 is 1.44 bits per heavy atom. The number of aromatic carboxylic acids is 1. The molecule has 0 fully saturated rings. The number of carboxylic acid groups (broad SMARTS) is 1. The van der Waals surface area contributed by atoms with E-state index >= 15 is 0 Å². The molecule has 0 saturated carbocycles. The average molecular weight is 776 g/mol. The molecule has 6 aromatic rings. The number of sulfonamides is 1. The van der Waals surface area contributed by atoms with Crippen molar-refractivity contribution in [3.05, 3.63) is 177 Å². The lowest BCUT2D eigenvalue weighted by molar-refractivity contribution is 0.0696. The average Bonchev–Trinajstić information content (AvgIpc) is 3.46. The predicted molar refractivity (Wildman–Crippen MR) is 225 cm³/mol. The normalized spacial score (nSPS) is 11.9. The van der Waals surface area contributed by atoms with Crippen molar-refractivity contribution in [2.24, 2.45) is 0 Å². The fraction of sp³-hybridized carbons (Fsp3) is 0.283. The van der Waals surface area contributed by atoms with Gasteiger partial charge in [0.1, 0.15) is 0 Å². The van der Waals surface area contributed by atoms with Gasteiger partial charge in [-0.3, -0.25) is 4.90 Å². The van der Waals surface area contributed by atoms with Gasteiger partial charge in [-0.1, -0.05) is 123 Å². The number of carboxylic acids is 1. The van der Waals surface area contributed by atoms with Crippen molar-refractivity contribution in [3.8, 4) is 0 Å². The van der Waals surface area contributed by atoms with E-state index in [2.05, 4.69) is 82.6 Å². The first-order valence-corrected chi connectivity index (χ1v) is 21.1. The Hall–Kier alpha value is -4.73. The third kappa shape index (κ3) is 9.75. The zero-order chi connectivity index (χ0) is 39.0. The van der Waals surface area contributed by atoms with E-state index in [4.69, 9.17) is 11.6 Å². The SMILES string of the molecule is CCN(CC)Cc1ccccc1CS(=O)(=O)NCCc1c(CCCc2ccc(C(=O)O)c(C)c2)c2cc(Cl)ccc2n1C(c1ccccc1)c1ccccc1. The summed E-state index contributed by atoms with van der Waals surface area (Å²) < 4.78 is 32.9. The standard InChI is InChI=1S/C46H50ClN3O4S/c1-4-49(5-2)31-37-20-12-13-21-38(37)32-55(53,54)48-28-27-44-41(22-14-15-34-23-25-40(46(51)52)33(3)29-34)42-30-39(47)24-26-43(42)50(44)45(35-16-8-6-9-17-35)36-18-10-7-11-19-36/h6-13,16-21,23-26,29-30,45,48H,4-5,14-15,22,27-28,31-32H2,1-3H3,(H,51,52). The highest BCUT2D eigenvalue weighted by atomic mass is 35.5. The van der Waals surface area contributed by atoms with Crippen molar-refractivity contribution in [3.63, 3.8) is 0 Å². The number of carbonyl (C=O) groups is 1. The fourth-order valence-electron chi connectivity index (χ4n) is 7.72. The highest BCUT2D eigenvalue weighted by Gasteiger charge is 2.26. The number of fused-ring (bicyclic) bond motifs is 1. The lowest BCUT2D eigenvalue weighted by atomic mass is 9.97. The Labute approximate surface area is 330 Å². The summed E-state index contributed by atoms with van der Waals surface area (Å²) in [5, 5.41) is 11.2. The van der Waals surface area contributed by atoms with Crippen LogP contribution in [0.4, 0.5) is 0 Å². The van der Waals surface area contributed by atoms with Gasteiger partial charge in [0, 0.05) is 41.1 Å². The Kier molecular flexibility index (Phi) is 13.3. The summed E-state index contributed by atoms with van der Waals surface area (Å²) in [4.78, 5) is 13.9. The number of hydrogen-bond acceptors (Lipinski definition) is 4. The number of aromatic nitrogens is 1. The first-order valence-electron chi connectivity index (χ1n) is 19.1. The van der Waals surface area contributed by atoms with Crippen molar-refractivity contribution in [2.75, 3.05) is 19.6 Å². The van der Waals surface area contributed by atoms with Crippen molar-refractivity contribution in [1.29, 1.82) is 0 Å². The van der Waals surface area contributed by atoms with Crippen molar-refractivity contribution in [1.82, 2.24) is 14.2 Å². The van der Waals surface area contributed by atoms with Gasteiger partial charge < -0.3 is 9.67 Å². The van der Waals surface area contributed by atoms with Crippen LogP contribution in [0.3, 0.4) is 0 Å². The number of nitrogens with one attached hydrogen (secondary N) is 1. The third-order valence-corrected chi connectivity index (χ3v) is 12.1. The van der Waals surface area contributed by atoms with E-state index in [9.17, 15) is 18.3 Å². The van der Waals surface area contributed by atoms with Gasteiger partial charge in [0.25, 0.3) is 0 Å². The molecule has 1 heterocycles. The molecule has 0 saturated heterocycles. The zero-order valence-corrected chi connectivity index (χ0v) is 33.4. The van der Waals surface area contributed by atoms with Crippen molar-refractivity contribution >= 4 is 38.5 Å². The lowest BCUT2D eigenvalue weighted by Crippen LogP contribution is -2.29. The first kappa shape index (κ1) is 39.9. The molecule has 7 nitrogen and oxygen atoms in total. The van der Waals surface area contributed by atoms with Crippen LogP contribution in [0.5, 0.6) is 0 Å². The first-order chi connectivity index (χ1) is 26.6. The maximum absolute atomic E-state index is 13.8. The number of halogens is 1. The Morgan fingerprint density at radius 3 is 2.05 bits per heavy atom. The van der Waals surface area contributed by atoms with E-state index in [1.807, 2.05) is 67.6 Å². The topological polar surface area (TPSA) is 91.6 Å². The molecule has 1 aromatic heterocycles. The Balaban J connectivity index is 1.37. The van der Waals surface area contributed by atoms with Gasteiger partial charge in [-0.05, 0) is 102 Å². The number of rotatable bonds is 18.